The minimum Gasteiger partial charge on any atom is -0.480 e. The van der Waals surface area contributed by atoms with Crippen LogP contribution < -0.4 is 5.32 Å². The number of carboxylic acid groups (broad SMARTS) is 1. The molecule has 2 aromatic carbocycles. The number of carbonyl (C=O) groups excluding carboxylic acids is 2. The van der Waals surface area contributed by atoms with Gasteiger partial charge < -0.3 is 20.1 Å². The first-order valence-corrected chi connectivity index (χ1v) is 10.00. The number of aryl methyl sites for hydroxylation is 1. The highest BCUT2D eigenvalue weighted by Crippen LogP contribution is 2.20. The first-order valence-electron chi connectivity index (χ1n) is 10.00. The predicted molar refractivity (Wildman–Crippen MR) is 111 cm³/mol. The molecule has 2 N–H and O–H groups in total. The number of benzene rings is 2. The minimum atomic E-state index is -1.03. The molecule has 0 bridgehead atoms. The van der Waals surface area contributed by atoms with Crippen molar-refractivity contribution in [2.24, 2.45) is 0 Å². The normalized spacial score (nSPS) is 16.7. The van der Waals surface area contributed by atoms with Crippen molar-refractivity contribution in [3.8, 4) is 0 Å². The van der Waals surface area contributed by atoms with E-state index < -0.39 is 30.1 Å². The highest BCUT2D eigenvalue weighted by atomic mass is 16.5. The van der Waals surface area contributed by atoms with Crippen LogP contribution in [0.25, 0.3) is 0 Å². The number of aliphatic carboxylic acids is 1. The van der Waals surface area contributed by atoms with Crippen molar-refractivity contribution in [1.29, 1.82) is 0 Å². The van der Waals surface area contributed by atoms with E-state index >= 15 is 0 Å². The SMILES string of the molecule is Cc1cccc(C[C@@H](NC(=O)OCc2ccccc2)C(=O)N2CCC[C@H]2C(=O)O)c1. The Balaban J connectivity index is 1.72. The third-order valence-corrected chi connectivity index (χ3v) is 5.15. The first kappa shape index (κ1) is 21.4. The molecule has 7 nitrogen and oxygen atoms in total. The van der Waals surface area contributed by atoms with Crippen LogP contribution in [0.5, 0.6) is 0 Å². The first-order chi connectivity index (χ1) is 14.4. The molecule has 0 aliphatic carbocycles. The van der Waals surface area contributed by atoms with E-state index in [-0.39, 0.29) is 13.0 Å². The van der Waals surface area contributed by atoms with Crippen LogP contribution in [-0.2, 0) is 27.4 Å². The van der Waals surface area contributed by atoms with Gasteiger partial charge in [-0.3, -0.25) is 4.79 Å². The molecule has 3 rings (SSSR count). The molecule has 0 spiro atoms. The van der Waals surface area contributed by atoms with Crippen molar-refractivity contribution in [3.05, 3.63) is 71.3 Å². The molecular weight excluding hydrogens is 384 g/mol. The number of carbonyl (C=O) groups is 3. The van der Waals surface area contributed by atoms with Gasteiger partial charge in [0.15, 0.2) is 0 Å². The van der Waals surface area contributed by atoms with E-state index in [1.54, 1.807) is 0 Å². The number of likely N-dealkylation sites (tertiary alicyclic amines) is 1. The minimum absolute atomic E-state index is 0.0828. The third-order valence-electron chi connectivity index (χ3n) is 5.15. The highest BCUT2D eigenvalue weighted by molar-refractivity contribution is 5.90. The average molecular weight is 410 g/mol. The van der Waals surface area contributed by atoms with Crippen LogP contribution in [0.4, 0.5) is 4.79 Å². The summed E-state index contributed by atoms with van der Waals surface area (Å²) in [6.45, 7) is 2.39. The summed E-state index contributed by atoms with van der Waals surface area (Å²) >= 11 is 0. The molecule has 1 heterocycles. The summed E-state index contributed by atoms with van der Waals surface area (Å²) in [5.41, 5.74) is 2.75. The van der Waals surface area contributed by atoms with Crippen LogP contribution in [0.2, 0.25) is 0 Å². The van der Waals surface area contributed by atoms with E-state index in [2.05, 4.69) is 5.32 Å². The van der Waals surface area contributed by atoms with Gasteiger partial charge in [-0.05, 0) is 30.9 Å². The number of rotatable bonds is 7. The Bertz CT molecular complexity index is 899. The summed E-state index contributed by atoms with van der Waals surface area (Å²) in [7, 11) is 0. The summed E-state index contributed by atoms with van der Waals surface area (Å²) in [6, 6.07) is 15.1. The fraction of sp³-hybridized carbons (Fsp3) is 0.348. The number of alkyl carbamates (subject to hydrolysis) is 1. The van der Waals surface area contributed by atoms with Crippen molar-refractivity contribution in [3.63, 3.8) is 0 Å². The van der Waals surface area contributed by atoms with Gasteiger partial charge in [0.2, 0.25) is 5.91 Å². The molecule has 0 saturated carbocycles. The maximum absolute atomic E-state index is 13.2. The lowest BCUT2D eigenvalue weighted by Crippen LogP contribution is -2.52. The molecular formula is C23H26N2O5. The zero-order valence-corrected chi connectivity index (χ0v) is 16.9. The second-order valence-electron chi connectivity index (χ2n) is 7.48. The fourth-order valence-corrected chi connectivity index (χ4v) is 3.67. The molecule has 0 radical (unpaired) electrons. The average Bonchev–Trinajstić information content (AvgIpc) is 3.22. The molecule has 2 amide bonds. The van der Waals surface area contributed by atoms with Gasteiger partial charge in [0.25, 0.3) is 0 Å². The van der Waals surface area contributed by atoms with Gasteiger partial charge in [-0.25, -0.2) is 9.59 Å². The fourth-order valence-electron chi connectivity index (χ4n) is 3.67. The monoisotopic (exact) mass is 410 g/mol. The summed E-state index contributed by atoms with van der Waals surface area (Å²) in [5.74, 6) is -1.43. The molecule has 0 aromatic heterocycles. The van der Waals surface area contributed by atoms with Crippen LogP contribution in [0.3, 0.4) is 0 Å². The van der Waals surface area contributed by atoms with Gasteiger partial charge in [0.1, 0.15) is 18.7 Å². The van der Waals surface area contributed by atoms with E-state index in [0.717, 1.165) is 16.7 Å². The summed E-state index contributed by atoms with van der Waals surface area (Å²) in [6.07, 6.45) is 0.578. The molecule has 2 aromatic rings. The lowest BCUT2D eigenvalue weighted by molar-refractivity contribution is -0.148. The lowest BCUT2D eigenvalue weighted by Gasteiger charge is -2.27. The molecule has 1 fully saturated rings. The Morgan fingerprint density at radius 1 is 1.13 bits per heavy atom. The highest BCUT2D eigenvalue weighted by Gasteiger charge is 2.37. The molecule has 2 atom stereocenters. The van der Waals surface area contributed by atoms with Crippen molar-refractivity contribution >= 4 is 18.0 Å². The Morgan fingerprint density at radius 3 is 2.57 bits per heavy atom. The van der Waals surface area contributed by atoms with Gasteiger partial charge in [-0.1, -0.05) is 60.2 Å². The molecule has 158 valence electrons. The van der Waals surface area contributed by atoms with E-state index in [9.17, 15) is 19.5 Å². The molecule has 0 unspecified atom stereocenters. The van der Waals surface area contributed by atoms with Crippen LogP contribution in [0, 0.1) is 6.92 Å². The summed E-state index contributed by atoms with van der Waals surface area (Å²) in [5, 5.41) is 12.1. The van der Waals surface area contributed by atoms with Gasteiger partial charge in [0.05, 0.1) is 0 Å². The topological polar surface area (TPSA) is 95.9 Å². The Labute approximate surface area is 175 Å². The maximum Gasteiger partial charge on any atom is 0.408 e. The molecule has 1 aliphatic rings. The van der Waals surface area contributed by atoms with E-state index in [4.69, 9.17) is 4.74 Å². The molecule has 30 heavy (non-hydrogen) atoms. The zero-order chi connectivity index (χ0) is 21.5. The number of nitrogens with one attached hydrogen (secondary N) is 1. The van der Waals surface area contributed by atoms with Crippen molar-refractivity contribution in [2.45, 2.75) is 44.9 Å². The maximum atomic E-state index is 13.2. The largest absolute Gasteiger partial charge is 0.480 e. The Hall–Kier alpha value is -3.35. The predicted octanol–water partition coefficient (Wildman–Crippen LogP) is 2.91. The Morgan fingerprint density at radius 2 is 1.87 bits per heavy atom. The number of hydrogen-bond donors (Lipinski definition) is 2. The second kappa shape index (κ2) is 9.91. The van der Waals surface area contributed by atoms with Crippen LogP contribution in [-0.4, -0.2) is 46.6 Å². The second-order valence-corrected chi connectivity index (χ2v) is 7.48. The lowest BCUT2D eigenvalue weighted by atomic mass is 10.0. The number of nitrogens with zero attached hydrogens (tertiary/aromatic N) is 1. The quantitative estimate of drug-likeness (QED) is 0.732. The van der Waals surface area contributed by atoms with E-state index in [1.165, 1.54) is 4.90 Å². The van der Waals surface area contributed by atoms with Crippen molar-refractivity contribution in [1.82, 2.24) is 10.2 Å². The van der Waals surface area contributed by atoms with Crippen LogP contribution >= 0.6 is 0 Å². The molecule has 7 heteroatoms. The summed E-state index contributed by atoms with van der Waals surface area (Å²) in [4.78, 5) is 38.4. The number of amides is 2. The van der Waals surface area contributed by atoms with Gasteiger partial charge >= 0.3 is 12.1 Å². The standard InChI is InChI=1S/C23H26N2O5/c1-16-7-5-10-18(13-16)14-19(21(26)25-12-6-11-20(25)22(27)28)24-23(29)30-15-17-8-3-2-4-9-17/h2-5,7-10,13,19-20H,6,11-12,14-15H2,1H3,(H,24,29)(H,27,28)/t19-,20+/m1/s1. The third kappa shape index (κ3) is 5.59. The van der Waals surface area contributed by atoms with Crippen LogP contribution in [0.1, 0.15) is 29.5 Å². The summed E-state index contributed by atoms with van der Waals surface area (Å²) < 4.78 is 5.27. The molecule has 1 saturated heterocycles. The number of carboxylic acids is 1. The van der Waals surface area contributed by atoms with Gasteiger partial charge in [-0.2, -0.15) is 0 Å². The van der Waals surface area contributed by atoms with Crippen molar-refractivity contribution in [2.75, 3.05) is 6.54 Å². The Kier molecular flexibility index (Phi) is 7.06. The number of hydrogen-bond acceptors (Lipinski definition) is 4. The van der Waals surface area contributed by atoms with Crippen molar-refractivity contribution < 1.29 is 24.2 Å². The molecule has 1 aliphatic heterocycles. The number of ether oxygens (including phenoxy) is 1. The van der Waals surface area contributed by atoms with E-state index in [1.807, 2.05) is 61.5 Å². The van der Waals surface area contributed by atoms with Gasteiger partial charge in [0, 0.05) is 13.0 Å². The van der Waals surface area contributed by atoms with Gasteiger partial charge in [-0.15, -0.1) is 0 Å². The van der Waals surface area contributed by atoms with Crippen LogP contribution in [0.15, 0.2) is 54.6 Å². The smallest absolute Gasteiger partial charge is 0.408 e. The van der Waals surface area contributed by atoms with E-state index in [0.29, 0.717) is 19.4 Å². The zero-order valence-electron chi connectivity index (χ0n) is 16.9.